The van der Waals surface area contributed by atoms with E-state index in [4.69, 9.17) is 16.6 Å². The number of amides is 1. The number of piperidine rings is 1. The predicted octanol–water partition coefficient (Wildman–Crippen LogP) is 6.73. The fraction of sp³-hybridized carbons (Fsp3) is 0.594. The summed E-state index contributed by atoms with van der Waals surface area (Å²) in [5.74, 6) is -1.92. The zero-order valence-electron chi connectivity index (χ0n) is 24.3. The Balaban J connectivity index is 1.41. The lowest BCUT2D eigenvalue weighted by molar-refractivity contribution is -0.137. The SMILES string of the molecule is Cc1nc2c(cc1Cl)[C@H](C(C)(C)C#N)CC21CCN(C(=O)C2CN(C(C)(C)C)C[C@H]2c2ccc(F)cc2F)CC1. The van der Waals surface area contributed by atoms with Gasteiger partial charge in [0, 0.05) is 55.0 Å². The van der Waals surface area contributed by atoms with Gasteiger partial charge < -0.3 is 4.90 Å². The molecule has 2 fully saturated rings. The van der Waals surface area contributed by atoms with E-state index >= 15 is 0 Å². The minimum Gasteiger partial charge on any atom is -0.342 e. The van der Waals surface area contributed by atoms with Crippen LogP contribution in [0.15, 0.2) is 24.3 Å². The lowest BCUT2D eigenvalue weighted by Gasteiger charge is -2.41. The Morgan fingerprint density at radius 3 is 2.38 bits per heavy atom. The van der Waals surface area contributed by atoms with Gasteiger partial charge in [-0.15, -0.1) is 0 Å². The third-order valence-electron chi connectivity index (χ3n) is 9.79. The van der Waals surface area contributed by atoms with Gasteiger partial charge in [0.15, 0.2) is 0 Å². The van der Waals surface area contributed by atoms with Crippen LogP contribution in [0.25, 0.3) is 0 Å². The van der Waals surface area contributed by atoms with Crippen molar-refractivity contribution in [1.82, 2.24) is 14.8 Å². The number of benzene rings is 1. The summed E-state index contributed by atoms with van der Waals surface area (Å²) in [6.07, 6.45) is 2.31. The molecule has 214 valence electrons. The van der Waals surface area contributed by atoms with Crippen molar-refractivity contribution < 1.29 is 13.6 Å². The first kappa shape index (κ1) is 29.0. The molecule has 1 spiro atoms. The van der Waals surface area contributed by atoms with Crippen LogP contribution in [0.1, 0.15) is 88.2 Å². The summed E-state index contributed by atoms with van der Waals surface area (Å²) in [5, 5.41) is 10.6. The first-order chi connectivity index (χ1) is 18.7. The van der Waals surface area contributed by atoms with Crippen LogP contribution in [0.5, 0.6) is 0 Å². The highest BCUT2D eigenvalue weighted by atomic mass is 35.5. The van der Waals surface area contributed by atoms with Gasteiger partial charge in [0.25, 0.3) is 0 Å². The summed E-state index contributed by atoms with van der Waals surface area (Å²) in [6, 6.07) is 8.19. The van der Waals surface area contributed by atoms with Crippen LogP contribution in [0.4, 0.5) is 8.78 Å². The van der Waals surface area contributed by atoms with Gasteiger partial charge in [-0.3, -0.25) is 14.7 Å². The number of aryl methyl sites for hydroxylation is 1. The molecule has 0 radical (unpaired) electrons. The Morgan fingerprint density at radius 1 is 1.10 bits per heavy atom. The zero-order valence-corrected chi connectivity index (χ0v) is 25.1. The second kappa shape index (κ2) is 10.1. The molecule has 0 N–H and O–H groups in total. The Bertz CT molecular complexity index is 1370. The molecule has 5 nitrogen and oxygen atoms in total. The van der Waals surface area contributed by atoms with E-state index in [1.165, 1.54) is 12.1 Å². The van der Waals surface area contributed by atoms with E-state index < -0.39 is 23.0 Å². The Hall–Kier alpha value is -2.56. The number of fused-ring (bicyclic) bond motifs is 2. The van der Waals surface area contributed by atoms with Crippen molar-refractivity contribution in [2.75, 3.05) is 26.2 Å². The van der Waals surface area contributed by atoms with Crippen molar-refractivity contribution in [1.29, 1.82) is 5.26 Å². The van der Waals surface area contributed by atoms with Crippen molar-refractivity contribution in [2.45, 2.75) is 83.6 Å². The van der Waals surface area contributed by atoms with Crippen molar-refractivity contribution >= 4 is 17.5 Å². The second-order valence-corrected chi connectivity index (χ2v) is 14.1. The fourth-order valence-corrected chi connectivity index (χ4v) is 7.31. The predicted molar refractivity (Wildman–Crippen MR) is 152 cm³/mol. The fourth-order valence-electron chi connectivity index (χ4n) is 7.15. The van der Waals surface area contributed by atoms with Gasteiger partial charge in [0.2, 0.25) is 5.91 Å². The van der Waals surface area contributed by atoms with E-state index in [0.717, 1.165) is 42.3 Å². The molecular formula is C32H39ClF2N4O. The second-order valence-electron chi connectivity index (χ2n) is 13.6. The molecule has 0 bridgehead atoms. The average Bonchev–Trinajstić information content (AvgIpc) is 3.46. The maximum atomic E-state index is 14.9. The van der Waals surface area contributed by atoms with Crippen LogP contribution in [-0.4, -0.2) is 52.4 Å². The molecule has 8 heteroatoms. The Labute approximate surface area is 241 Å². The molecule has 1 amide bonds. The maximum absolute atomic E-state index is 14.9. The van der Waals surface area contributed by atoms with Gasteiger partial charge in [-0.1, -0.05) is 17.7 Å². The van der Waals surface area contributed by atoms with Crippen molar-refractivity contribution in [3.05, 3.63) is 63.4 Å². The van der Waals surface area contributed by atoms with Gasteiger partial charge in [0.1, 0.15) is 11.6 Å². The van der Waals surface area contributed by atoms with Crippen molar-refractivity contribution in [3.63, 3.8) is 0 Å². The summed E-state index contributed by atoms with van der Waals surface area (Å²) in [5.41, 5.74) is 2.31. The molecule has 1 unspecified atom stereocenters. The number of aromatic nitrogens is 1. The molecule has 1 aromatic heterocycles. The number of likely N-dealkylation sites (tertiary alicyclic amines) is 2. The molecular weight excluding hydrogens is 530 g/mol. The Morgan fingerprint density at radius 2 is 1.77 bits per heavy atom. The molecule has 2 aliphatic heterocycles. The monoisotopic (exact) mass is 568 g/mol. The summed E-state index contributed by atoms with van der Waals surface area (Å²) >= 11 is 6.49. The molecule has 2 saturated heterocycles. The van der Waals surface area contributed by atoms with Crippen molar-refractivity contribution in [2.24, 2.45) is 11.3 Å². The number of rotatable bonds is 3. The standard InChI is InChI=1S/C32H39ClF2N4O/c1-19-26(33)14-22-25(31(5,6)18-36)15-32(28(22)37-19)9-11-38(12-10-32)29(40)24-17-39(30(2,3)4)16-23(24)21-8-7-20(34)13-27(21)35/h7-8,13-14,23-25H,9-12,15-17H2,1-6H3/t23-,24?,25+/m0/s1. The van der Waals surface area contributed by atoms with Crippen LogP contribution >= 0.6 is 11.6 Å². The van der Waals surface area contributed by atoms with Crippen LogP contribution < -0.4 is 0 Å². The van der Waals surface area contributed by atoms with Crippen molar-refractivity contribution in [3.8, 4) is 6.07 Å². The topological polar surface area (TPSA) is 60.2 Å². The van der Waals surface area contributed by atoms with Gasteiger partial charge >= 0.3 is 0 Å². The van der Waals surface area contributed by atoms with Gasteiger partial charge in [-0.25, -0.2) is 8.78 Å². The molecule has 40 heavy (non-hydrogen) atoms. The highest BCUT2D eigenvalue weighted by Crippen LogP contribution is 2.57. The minimum atomic E-state index is -0.615. The van der Waals surface area contributed by atoms with E-state index in [1.807, 2.05) is 31.7 Å². The third-order valence-corrected chi connectivity index (χ3v) is 10.2. The number of hydrogen-bond donors (Lipinski definition) is 0. The summed E-state index contributed by atoms with van der Waals surface area (Å²) < 4.78 is 28.7. The highest BCUT2D eigenvalue weighted by Gasteiger charge is 2.52. The Kier molecular flexibility index (Phi) is 7.28. The number of pyridine rings is 1. The largest absolute Gasteiger partial charge is 0.342 e. The van der Waals surface area contributed by atoms with Crippen LogP contribution in [0.3, 0.4) is 0 Å². The van der Waals surface area contributed by atoms with Gasteiger partial charge in [-0.05, 0) is 84.1 Å². The van der Waals surface area contributed by atoms with Gasteiger partial charge in [-0.2, -0.15) is 5.26 Å². The summed E-state index contributed by atoms with van der Waals surface area (Å²) in [6.45, 7) is 14.4. The van der Waals surface area contributed by atoms with Crippen LogP contribution in [0, 0.1) is 41.2 Å². The molecule has 0 saturated carbocycles. The van der Waals surface area contributed by atoms with E-state index in [0.29, 0.717) is 36.8 Å². The minimum absolute atomic E-state index is 0.0151. The molecule has 1 aliphatic carbocycles. The highest BCUT2D eigenvalue weighted by molar-refractivity contribution is 6.31. The van der Waals surface area contributed by atoms with Crippen LogP contribution in [-0.2, 0) is 10.2 Å². The average molecular weight is 569 g/mol. The molecule has 5 rings (SSSR count). The summed E-state index contributed by atoms with van der Waals surface area (Å²) in [4.78, 5) is 23.2. The van der Waals surface area contributed by atoms with E-state index in [2.05, 4.69) is 31.7 Å². The third kappa shape index (κ3) is 4.92. The number of nitrogens with zero attached hydrogens (tertiary/aromatic N) is 4. The molecule has 3 aliphatic rings. The molecule has 1 aromatic carbocycles. The number of halogens is 3. The number of nitriles is 1. The van der Waals surface area contributed by atoms with Crippen LogP contribution in [0.2, 0.25) is 5.02 Å². The number of hydrogen-bond acceptors (Lipinski definition) is 4. The molecule has 2 aromatic rings. The smallest absolute Gasteiger partial charge is 0.227 e. The lowest BCUT2D eigenvalue weighted by atomic mass is 9.71. The lowest BCUT2D eigenvalue weighted by Crippen LogP contribution is -2.48. The maximum Gasteiger partial charge on any atom is 0.227 e. The zero-order chi connectivity index (χ0) is 29.2. The molecule has 3 heterocycles. The number of carbonyl (C=O) groups is 1. The number of carbonyl (C=O) groups excluding carboxylic acids is 1. The molecule has 3 atom stereocenters. The van der Waals surface area contributed by atoms with Gasteiger partial charge in [0.05, 0.1) is 33.8 Å². The first-order valence-electron chi connectivity index (χ1n) is 14.2. The summed E-state index contributed by atoms with van der Waals surface area (Å²) in [7, 11) is 0. The van der Waals surface area contributed by atoms with E-state index in [-0.39, 0.29) is 28.7 Å². The van der Waals surface area contributed by atoms with E-state index in [9.17, 15) is 18.8 Å². The first-order valence-corrected chi connectivity index (χ1v) is 14.6. The normalized spacial score (nSPS) is 24.8. The van der Waals surface area contributed by atoms with E-state index in [1.54, 1.807) is 0 Å². The quantitative estimate of drug-likeness (QED) is 0.412.